The fourth-order valence-corrected chi connectivity index (χ4v) is 2.87. The zero-order valence-corrected chi connectivity index (χ0v) is 12.7. The minimum atomic E-state index is 0.0725. The highest BCUT2D eigenvalue weighted by Gasteiger charge is 2.29. The van der Waals surface area contributed by atoms with E-state index in [0.29, 0.717) is 6.04 Å². The summed E-state index contributed by atoms with van der Waals surface area (Å²) in [6.45, 7) is 5.35. The lowest BCUT2D eigenvalue weighted by Crippen LogP contribution is -2.29. The van der Waals surface area contributed by atoms with Gasteiger partial charge in [-0.1, -0.05) is 30.7 Å². The molecule has 2 heterocycles. The van der Waals surface area contributed by atoms with Gasteiger partial charge in [0.05, 0.1) is 0 Å². The molecule has 1 aliphatic rings. The van der Waals surface area contributed by atoms with Gasteiger partial charge in [0.2, 0.25) is 0 Å². The van der Waals surface area contributed by atoms with E-state index in [1.165, 1.54) is 11.1 Å². The highest BCUT2D eigenvalue weighted by Crippen LogP contribution is 2.40. The Kier molecular flexibility index (Phi) is 4.20. The van der Waals surface area contributed by atoms with Crippen molar-refractivity contribution >= 4 is 0 Å². The smallest absolute Gasteiger partial charge is 0.127 e. The van der Waals surface area contributed by atoms with Gasteiger partial charge in [0.15, 0.2) is 0 Å². The van der Waals surface area contributed by atoms with Crippen molar-refractivity contribution in [3.8, 4) is 5.75 Å². The van der Waals surface area contributed by atoms with E-state index < -0.39 is 0 Å². The van der Waals surface area contributed by atoms with Crippen LogP contribution >= 0.6 is 0 Å². The molecule has 0 spiro atoms. The molecule has 0 amide bonds. The lowest BCUT2D eigenvalue weighted by molar-refractivity contribution is 0.151. The fraction of sp³-hybridized carbons (Fsp3) is 0.389. The van der Waals surface area contributed by atoms with E-state index in [9.17, 15) is 0 Å². The second-order valence-corrected chi connectivity index (χ2v) is 5.68. The second-order valence-electron chi connectivity index (χ2n) is 5.68. The molecule has 1 aromatic heterocycles. The molecule has 1 aromatic carbocycles. The Hall–Kier alpha value is -1.87. The van der Waals surface area contributed by atoms with Gasteiger partial charge in [-0.3, -0.25) is 4.98 Å². The number of aryl methyl sites for hydroxylation is 1. The summed E-state index contributed by atoms with van der Waals surface area (Å²) in [6, 6.07) is 10.8. The molecule has 2 atom stereocenters. The van der Waals surface area contributed by atoms with Crippen molar-refractivity contribution in [3.05, 3.63) is 59.4 Å². The van der Waals surface area contributed by atoms with Crippen molar-refractivity contribution in [1.82, 2.24) is 10.3 Å². The number of nitrogens with one attached hydrogen (secondary N) is 1. The molecule has 3 rings (SSSR count). The SMILES string of the molecule is CCCNC1CC(c2cccnc2)Oc2ccc(C)cc21. The first kappa shape index (κ1) is 14.1. The number of ether oxygens (including phenoxy) is 1. The molecule has 1 N–H and O–H groups in total. The van der Waals surface area contributed by atoms with Crippen LogP contribution in [0.5, 0.6) is 5.75 Å². The van der Waals surface area contributed by atoms with Crippen molar-refractivity contribution in [2.75, 3.05) is 6.54 Å². The first-order valence-corrected chi connectivity index (χ1v) is 7.68. The molecule has 0 saturated carbocycles. The van der Waals surface area contributed by atoms with Crippen molar-refractivity contribution in [1.29, 1.82) is 0 Å². The van der Waals surface area contributed by atoms with Crippen LogP contribution in [-0.2, 0) is 0 Å². The van der Waals surface area contributed by atoms with Gasteiger partial charge in [0, 0.05) is 36.0 Å². The lowest BCUT2D eigenvalue weighted by Gasteiger charge is -2.33. The van der Waals surface area contributed by atoms with Crippen molar-refractivity contribution in [2.45, 2.75) is 38.8 Å². The van der Waals surface area contributed by atoms with Crippen LogP contribution in [0, 0.1) is 6.92 Å². The molecule has 1 aliphatic heterocycles. The topological polar surface area (TPSA) is 34.2 Å². The summed E-state index contributed by atoms with van der Waals surface area (Å²) in [7, 11) is 0. The molecule has 2 aromatic rings. The van der Waals surface area contributed by atoms with E-state index >= 15 is 0 Å². The van der Waals surface area contributed by atoms with Gasteiger partial charge >= 0.3 is 0 Å². The summed E-state index contributed by atoms with van der Waals surface area (Å²) >= 11 is 0. The van der Waals surface area contributed by atoms with Crippen LogP contribution in [0.15, 0.2) is 42.7 Å². The van der Waals surface area contributed by atoms with Gasteiger partial charge in [-0.25, -0.2) is 0 Å². The van der Waals surface area contributed by atoms with E-state index in [0.717, 1.165) is 30.7 Å². The molecule has 0 aliphatic carbocycles. The van der Waals surface area contributed by atoms with Crippen molar-refractivity contribution in [3.63, 3.8) is 0 Å². The zero-order chi connectivity index (χ0) is 14.7. The summed E-state index contributed by atoms with van der Waals surface area (Å²) in [5, 5.41) is 3.65. The van der Waals surface area contributed by atoms with Crippen LogP contribution < -0.4 is 10.1 Å². The number of pyridine rings is 1. The third-order valence-electron chi connectivity index (χ3n) is 3.96. The summed E-state index contributed by atoms with van der Waals surface area (Å²) in [5.74, 6) is 0.995. The number of hydrogen-bond donors (Lipinski definition) is 1. The molecule has 0 saturated heterocycles. The Balaban J connectivity index is 1.91. The van der Waals surface area contributed by atoms with Crippen LogP contribution in [-0.4, -0.2) is 11.5 Å². The highest BCUT2D eigenvalue weighted by molar-refractivity contribution is 5.41. The first-order valence-electron chi connectivity index (χ1n) is 7.68. The monoisotopic (exact) mass is 282 g/mol. The molecular formula is C18H22N2O. The molecule has 0 fully saturated rings. The average Bonchev–Trinajstić information content (AvgIpc) is 2.53. The van der Waals surface area contributed by atoms with E-state index in [1.54, 1.807) is 6.20 Å². The maximum Gasteiger partial charge on any atom is 0.127 e. The van der Waals surface area contributed by atoms with Gasteiger partial charge in [0.25, 0.3) is 0 Å². The fourth-order valence-electron chi connectivity index (χ4n) is 2.87. The van der Waals surface area contributed by atoms with Gasteiger partial charge in [-0.2, -0.15) is 0 Å². The number of nitrogens with zero attached hydrogens (tertiary/aromatic N) is 1. The Labute approximate surface area is 126 Å². The number of fused-ring (bicyclic) bond motifs is 1. The molecular weight excluding hydrogens is 260 g/mol. The van der Waals surface area contributed by atoms with Crippen molar-refractivity contribution in [2.24, 2.45) is 0 Å². The zero-order valence-electron chi connectivity index (χ0n) is 12.7. The van der Waals surface area contributed by atoms with E-state index in [4.69, 9.17) is 4.74 Å². The van der Waals surface area contributed by atoms with Crippen molar-refractivity contribution < 1.29 is 4.74 Å². The summed E-state index contributed by atoms with van der Waals surface area (Å²) in [5.41, 5.74) is 3.70. The highest BCUT2D eigenvalue weighted by atomic mass is 16.5. The van der Waals surface area contributed by atoms with Crippen LogP contribution in [0.4, 0.5) is 0 Å². The van der Waals surface area contributed by atoms with E-state index in [2.05, 4.69) is 48.4 Å². The molecule has 110 valence electrons. The normalized spacial score (nSPS) is 20.7. The summed E-state index contributed by atoms with van der Waals surface area (Å²) < 4.78 is 6.20. The standard InChI is InChI=1S/C18H22N2O/c1-3-8-20-16-11-18(14-5-4-9-19-12-14)21-17-7-6-13(2)10-15(16)17/h4-7,9-10,12,16,18,20H,3,8,11H2,1-2H3. The third kappa shape index (κ3) is 3.08. The van der Waals surface area contributed by atoms with Gasteiger partial charge in [-0.05, 0) is 32.0 Å². The number of rotatable bonds is 4. The van der Waals surface area contributed by atoms with Gasteiger partial charge < -0.3 is 10.1 Å². The average molecular weight is 282 g/mol. The minimum Gasteiger partial charge on any atom is -0.485 e. The summed E-state index contributed by atoms with van der Waals surface area (Å²) in [4.78, 5) is 4.22. The summed E-state index contributed by atoms with van der Waals surface area (Å²) in [6.07, 6.45) is 5.86. The predicted octanol–water partition coefficient (Wildman–Crippen LogP) is 3.95. The molecule has 0 bridgehead atoms. The Morgan fingerprint density at radius 3 is 3.00 bits per heavy atom. The molecule has 21 heavy (non-hydrogen) atoms. The number of aromatic nitrogens is 1. The van der Waals surface area contributed by atoms with Crippen LogP contribution in [0.25, 0.3) is 0 Å². The maximum absolute atomic E-state index is 6.20. The van der Waals surface area contributed by atoms with E-state index in [1.807, 2.05) is 12.3 Å². The second kappa shape index (κ2) is 6.27. The van der Waals surface area contributed by atoms with Crippen LogP contribution in [0.2, 0.25) is 0 Å². The Bertz CT molecular complexity index is 597. The lowest BCUT2D eigenvalue weighted by atomic mass is 9.92. The largest absolute Gasteiger partial charge is 0.485 e. The molecule has 2 unspecified atom stereocenters. The minimum absolute atomic E-state index is 0.0725. The predicted molar refractivity (Wildman–Crippen MR) is 84.4 cm³/mol. The Morgan fingerprint density at radius 2 is 2.24 bits per heavy atom. The number of benzene rings is 1. The van der Waals surface area contributed by atoms with E-state index in [-0.39, 0.29) is 6.10 Å². The van der Waals surface area contributed by atoms with Gasteiger partial charge in [-0.15, -0.1) is 0 Å². The third-order valence-corrected chi connectivity index (χ3v) is 3.96. The Morgan fingerprint density at radius 1 is 1.33 bits per heavy atom. The first-order chi connectivity index (χ1) is 10.3. The van der Waals surface area contributed by atoms with Gasteiger partial charge in [0.1, 0.15) is 11.9 Å². The molecule has 3 heteroatoms. The maximum atomic E-state index is 6.20. The number of hydrogen-bond acceptors (Lipinski definition) is 3. The molecule has 3 nitrogen and oxygen atoms in total. The molecule has 0 radical (unpaired) electrons. The van der Waals surface area contributed by atoms with Crippen LogP contribution in [0.3, 0.4) is 0 Å². The van der Waals surface area contributed by atoms with Crippen LogP contribution in [0.1, 0.15) is 48.6 Å². The quantitative estimate of drug-likeness (QED) is 0.922.